The van der Waals surface area contributed by atoms with E-state index in [0.29, 0.717) is 25.3 Å². The van der Waals surface area contributed by atoms with Crippen LogP contribution in [0.5, 0.6) is 0 Å². The summed E-state index contributed by atoms with van der Waals surface area (Å²) < 4.78 is 0. The molecule has 1 aliphatic heterocycles. The van der Waals surface area contributed by atoms with Crippen LogP contribution in [0.15, 0.2) is 24.4 Å². The molecule has 5 heteroatoms. The molecule has 1 aromatic heterocycles. The summed E-state index contributed by atoms with van der Waals surface area (Å²) in [6.45, 7) is 6.76. The smallest absolute Gasteiger partial charge is 0.243 e. The molecular weight excluding hydrogens is 290 g/mol. The minimum absolute atomic E-state index is 0.0768. The zero-order valence-corrected chi connectivity index (χ0v) is 14.3. The number of carbonyl (C=O) groups is 2. The monoisotopic (exact) mass is 317 g/mol. The fourth-order valence-corrected chi connectivity index (χ4v) is 2.99. The number of likely N-dealkylation sites (tertiary alicyclic amines) is 1. The van der Waals surface area contributed by atoms with Gasteiger partial charge in [0.2, 0.25) is 11.8 Å². The highest BCUT2D eigenvalue weighted by Crippen LogP contribution is 2.20. The van der Waals surface area contributed by atoms with E-state index in [0.717, 1.165) is 18.5 Å². The molecule has 23 heavy (non-hydrogen) atoms. The summed E-state index contributed by atoms with van der Waals surface area (Å²) in [5, 5.41) is 3.02. The summed E-state index contributed by atoms with van der Waals surface area (Å²) >= 11 is 0. The van der Waals surface area contributed by atoms with Gasteiger partial charge in [0.15, 0.2) is 0 Å². The fraction of sp³-hybridized carbons (Fsp3) is 0.611. The van der Waals surface area contributed by atoms with Gasteiger partial charge in [-0.15, -0.1) is 0 Å². The van der Waals surface area contributed by atoms with E-state index in [9.17, 15) is 9.59 Å². The van der Waals surface area contributed by atoms with Gasteiger partial charge in [-0.25, -0.2) is 0 Å². The van der Waals surface area contributed by atoms with E-state index in [1.807, 2.05) is 25.1 Å². The second-order valence-corrected chi connectivity index (χ2v) is 6.67. The molecule has 2 amide bonds. The van der Waals surface area contributed by atoms with Gasteiger partial charge < -0.3 is 10.2 Å². The maximum atomic E-state index is 12.8. The molecule has 0 radical (unpaired) electrons. The Kier molecular flexibility index (Phi) is 6.13. The van der Waals surface area contributed by atoms with Crippen LogP contribution in [0.4, 0.5) is 0 Å². The fourth-order valence-electron chi connectivity index (χ4n) is 2.99. The van der Waals surface area contributed by atoms with E-state index in [2.05, 4.69) is 24.1 Å². The Morgan fingerprint density at radius 2 is 2.09 bits per heavy atom. The SMILES string of the molecule is CC(C)C[C@@H](C(=O)N[C@H](C)c1ccccn1)N1CCCCC1=O. The maximum Gasteiger partial charge on any atom is 0.243 e. The molecule has 0 spiro atoms. The molecule has 5 nitrogen and oxygen atoms in total. The van der Waals surface area contributed by atoms with Crippen molar-refractivity contribution in [2.45, 2.75) is 58.5 Å². The molecule has 0 bridgehead atoms. The lowest BCUT2D eigenvalue weighted by Gasteiger charge is -2.35. The van der Waals surface area contributed by atoms with Gasteiger partial charge in [0.25, 0.3) is 0 Å². The van der Waals surface area contributed by atoms with Gasteiger partial charge in [-0.1, -0.05) is 19.9 Å². The Morgan fingerprint density at radius 3 is 2.70 bits per heavy atom. The van der Waals surface area contributed by atoms with E-state index in [-0.39, 0.29) is 23.9 Å². The van der Waals surface area contributed by atoms with Crippen molar-refractivity contribution in [3.8, 4) is 0 Å². The van der Waals surface area contributed by atoms with Crippen molar-refractivity contribution in [1.29, 1.82) is 0 Å². The number of amides is 2. The first-order valence-corrected chi connectivity index (χ1v) is 8.49. The Morgan fingerprint density at radius 1 is 1.30 bits per heavy atom. The molecule has 1 aromatic rings. The van der Waals surface area contributed by atoms with Gasteiger partial charge in [-0.3, -0.25) is 14.6 Å². The molecule has 1 N–H and O–H groups in total. The highest BCUT2D eigenvalue weighted by molar-refractivity contribution is 5.88. The normalized spacial score (nSPS) is 17.9. The Bertz CT molecular complexity index is 530. The number of piperidine rings is 1. The lowest BCUT2D eigenvalue weighted by Crippen LogP contribution is -2.52. The number of aromatic nitrogens is 1. The molecule has 2 rings (SSSR count). The van der Waals surface area contributed by atoms with Crippen molar-refractivity contribution in [3.63, 3.8) is 0 Å². The quantitative estimate of drug-likeness (QED) is 0.877. The molecule has 0 aliphatic carbocycles. The van der Waals surface area contributed by atoms with E-state index in [4.69, 9.17) is 0 Å². The van der Waals surface area contributed by atoms with Gasteiger partial charge in [-0.05, 0) is 44.2 Å². The number of nitrogens with zero attached hydrogens (tertiary/aromatic N) is 2. The molecule has 1 aliphatic rings. The molecule has 126 valence electrons. The van der Waals surface area contributed by atoms with Gasteiger partial charge in [-0.2, -0.15) is 0 Å². The van der Waals surface area contributed by atoms with Crippen molar-refractivity contribution in [1.82, 2.24) is 15.2 Å². The van der Waals surface area contributed by atoms with Crippen LogP contribution < -0.4 is 5.32 Å². The summed E-state index contributed by atoms with van der Waals surface area (Å²) in [4.78, 5) is 31.0. The van der Waals surface area contributed by atoms with Crippen LogP contribution in [0, 0.1) is 5.92 Å². The van der Waals surface area contributed by atoms with E-state index < -0.39 is 0 Å². The Labute approximate surface area is 138 Å². The van der Waals surface area contributed by atoms with Crippen LogP contribution in [-0.4, -0.2) is 34.3 Å². The van der Waals surface area contributed by atoms with Crippen LogP contribution in [0.2, 0.25) is 0 Å². The van der Waals surface area contributed by atoms with Crippen molar-refractivity contribution >= 4 is 11.8 Å². The van der Waals surface area contributed by atoms with Crippen LogP contribution in [0.3, 0.4) is 0 Å². The predicted molar refractivity (Wildman–Crippen MR) is 89.6 cm³/mol. The molecule has 1 fully saturated rings. The lowest BCUT2D eigenvalue weighted by molar-refractivity contribution is -0.143. The summed E-state index contributed by atoms with van der Waals surface area (Å²) in [6.07, 6.45) is 4.86. The zero-order valence-electron chi connectivity index (χ0n) is 14.3. The first kappa shape index (κ1) is 17.4. The number of nitrogens with one attached hydrogen (secondary N) is 1. The van der Waals surface area contributed by atoms with Crippen molar-refractivity contribution in [2.24, 2.45) is 5.92 Å². The van der Waals surface area contributed by atoms with Crippen molar-refractivity contribution in [2.75, 3.05) is 6.54 Å². The molecule has 0 unspecified atom stereocenters. The average Bonchev–Trinajstić information content (AvgIpc) is 2.54. The van der Waals surface area contributed by atoms with Gasteiger partial charge in [0, 0.05) is 19.2 Å². The van der Waals surface area contributed by atoms with Crippen LogP contribution in [0.1, 0.15) is 58.2 Å². The first-order valence-electron chi connectivity index (χ1n) is 8.49. The van der Waals surface area contributed by atoms with Crippen molar-refractivity contribution in [3.05, 3.63) is 30.1 Å². The minimum Gasteiger partial charge on any atom is -0.346 e. The number of carbonyl (C=O) groups excluding carboxylic acids is 2. The highest BCUT2D eigenvalue weighted by atomic mass is 16.2. The molecule has 0 aromatic carbocycles. The molecule has 0 saturated carbocycles. The third kappa shape index (κ3) is 4.78. The van der Waals surface area contributed by atoms with E-state index in [1.54, 1.807) is 11.1 Å². The van der Waals surface area contributed by atoms with Crippen LogP contribution in [-0.2, 0) is 9.59 Å². The topological polar surface area (TPSA) is 62.3 Å². The summed E-state index contributed by atoms with van der Waals surface area (Å²) in [5.74, 6) is 0.375. The standard InChI is InChI=1S/C18H27N3O2/c1-13(2)12-16(21-11-7-5-9-17(21)22)18(23)20-14(3)15-8-4-6-10-19-15/h4,6,8,10,13-14,16H,5,7,9,11-12H2,1-3H3,(H,20,23)/t14-,16+/m1/s1. The Hall–Kier alpha value is -1.91. The van der Waals surface area contributed by atoms with E-state index >= 15 is 0 Å². The van der Waals surface area contributed by atoms with Crippen LogP contribution in [0.25, 0.3) is 0 Å². The second-order valence-electron chi connectivity index (χ2n) is 6.67. The molecule has 2 heterocycles. The summed E-state index contributed by atoms with van der Waals surface area (Å²) in [6, 6.07) is 5.11. The number of rotatable bonds is 6. The molecule has 2 atom stereocenters. The highest BCUT2D eigenvalue weighted by Gasteiger charge is 2.32. The third-order valence-corrected chi connectivity index (χ3v) is 4.22. The lowest BCUT2D eigenvalue weighted by atomic mass is 9.98. The van der Waals surface area contributed by atoms with Gasteiger partial charge in [0.05, 0.1) is 11.7 Å². The average molecular weight is 317 g/mol. The van der Waals surface area contributed by atoms with E-state index in [1.165, 1.54) is 0 Å². The largest absolute Gasteiger partial charge is 0.346 e. The molecular formula is C18H27N3O2. The number of hydrogen-bond acceptors (Lipinski definition) is 3. The zero-order chi connectivity index (χ0) is 16.8. The Balaban J connectivity index is 2.08. The summed E-state index contributed by atoms with van der Waals surface area (Å²) in [5.41, 5.74) is 0.828. The van der Waals surface area contributed by atoms with Crippen LogP contribution >= 0.6 is 0 Å². The summed E-state index contributed by atoms with van der Waals surface area (Å²) in [7, 11) is 0. The number of pyridine rings is 1. The van der Waals surface area contributed by atoms with Gasteiger partial charge in [0.1, 0.15) is 6.04 Å². The minimum atomic E-state index is -0.381. The maximum absolute atomic E-state index is 12.8. The van der Waals surface area contributed by atoms with Gasteiger partial charge >= 0.3 is 0 Å². The third-order valence-electron chi connectivity index (χ3n) is 4.22. The number of hydrogen-bond donors (Lipinski definition) is 1. The second kappa shape index (κ2) is 8.09. The van der Waals surface area contributed by atoms with Crippen molar-refractivity contribution < 1.29 is 9.59 Å². The molecule has 1 saturated heterocycles. The first-order chi connectivity index (χ1) is 11.0. The predicted octanol–water partition coefficient (Wildman–Crippen LogP) is 2.69.